The van der Waals surface area contributed by atoms with E-state index in [2.05, 4.69) is 15.5 Å². The fourth-order valence-corrected chi connectivity index (χ4v) is 2.07. The molecule has 0 amide bonds. The number of nitrogens with zero attached hydrogens (tertiary/aromatic N) is 4. The molecule has 2 aromatic rings. The SMILES string of the molecule is O=C(OC1CCOCC1)c1cccc(-n2cnnn2)c1. The summed E-state index contributed by atoms with van der Waals surface area (Å²) in [6.07, 6.45) is 2.91. The normalized spacial score (nSPS) is 16.0. The van der Waals surface area contributed by atoms with E-state index in [1.807, 2.05) is 6.07 Å². The topological polar surface area (TPSA) is 79.1 Å². The molecule has 1 aliphatic rings. The Labute approximate surface area is 115 Å². The Bertz CT molecular complexity index is 579. The lowest BCUT2D eigenvalue weighted by molar-refractivity contribution is -0.0159. The molecule has 1 aromatic heterocycles. The molecule has 3 rings (SSSR count). The van der Waals surface area contributed by atoms with Crippen molar-refractivity contribution in [1.82, 2.24) is 20.2 Å². The van der Waals surface area contributed by atoms with Crippen LogP contribution in [0.5, 0.6) is 0 Å². The van der Waals surface area contributed by atoms with Gasteiger partial charge in [-0.1, -0.05) is 6.07 Å². The van der Waals surface area contributed by atoms with Gasteiger partial charge in [0.15, 0.2) is 0 Å². The van der Waals surface area contributed by atoms with Crippen molar-refractivity contribution in [2.75, 3.05) is 13.2 Å². The second-order valence-electron chi connectivity index (χ2n) is 4.52. The van der Waals surface area contributed by atoms with E-state index in [1.165, 1.54) is 11.0 Å². The smallest absolute Gasteiger partial charge is 0.338 e. The predicted octanol–water partition coefficient (Wildman–Crippen LogP) is 0.998. The summed E-state index contributed by atoms with van der Waals surface area (Å²) in [7, 11) is 0. The van der Waals surface area contributed by atoms with Gasteiger partial charge in [0.05, 0.1) is 24.5 Å². The van der Waals surface area contributed by atoms with Crippen LogP contribution in [0.2, 0.25) is 0 Å². The monoisotopic (exact) mass is 274 g/mol. The molecule has 0 N–H and O–H groups in total. The fourth-order valence-electron chi connectivity index (χ4n) is 2.07. The fraction of sp³-hybridized carbons (Fsp3) is 0.385. The number of ether oxygens (including phenoxy) is 2. The molecule has 1 aliphatic heterocycles. The minimum Gasteiger partial charge on any atom is -0.459 e. The lowest BCUT2D eigenvalue weighted by atomic mass is 10.1. The third kappa shape index (κ3) is 2.83. The highest BCUT2D eigenvalue weighted by molar-refractivity contribution is 5.90. The van der Waals surface area contributed by atoms with Crippen LogP contribution >= 0.6 is 0 Å². The number of aromatic nitrogens is 4. The van der Waals surface area contributed by atoms with Crippen LogP contribution in [-0.4, -0.2) is 45.5 Å². The second kappa shape index (κ2) is 5.79. The van der Waals surface area contributed by atoms with Crippen molar-refractivity contribution >= 4 is 5.97 Å². The minimum absolute atomic E-state index is 0.0621. The van der Waals surface area contributed by atoms with Gasteiger partial charge < -0.3 is 9.47 Å². The number of rotatable bonds is 3. The van der Waals surface area contributed by atoms with E-state index in [4.69, 9.17) is 9.47 Å². The maximum atomic E-state index is 12.1. The summed E-state index contributed by atoms with van der Waals surface area (Å²) in [6, 6.07) is 7.02. The highest BCUT2D eigenvalue weighted by atomic mass is 16.6. The first kappa shape index (κ1) is 12.7. The third-order valence-corrected chi connectivity index (χ3v) is 3.14. The van der Waals surface area contributed by atoms with Crippen LogP contribution in [0.3, 0.4) is 0 Å². The predicted molar refractivity (Wildman–Crippen MR) is 68.4 cm³/mol. The number of carbonyl (C=O) groups is 1. The molecule has 0 aliphatic carbocycles. The van der Waals surface area contributed by atoms with E-state index in [9.17, 15) is 4.79 Å². The molecular weight excluding hydrogens is 260 g/mol. The first-order valence-corrected chi connectivity index (χ1v) is 6.45. The van der Waals surface area contributed by atoms with Crippen molar-refractivity contribution in [3.63, 3.8) is 0 Å². The number of hydrogen-bond donors (Lipinski definition) is 0. The molecule has 0 atom stereocenters. The van der Waals surface area contributed by atoms with Gasteiger partial charge in [-0.25, -0.2) is 9.48 Å². The Morgan fingerprint density at radius 3 is 2.95 bits per heavy atom. The van der Waals surface area contributed by atoms with Gasteiger partial charge in [-0.3, -0.25) is 0 Å². The quantitative estimate of drug-likeness (QED) is 0.777. The van der Waals surface area contributed by atoms with Crippen LogP contribution in [0.15, 0.2) is 30.6 Å². The Balaban J connectivity index is 1.73. The van der Waals surface area contributed by atoms with E-state index in [1.54, 1.807) is 18.2 Å². The number of benzene rings is 1. The summed E-state index contributed by atoms with van der Waals surface area (Å²) in [4.78, 5) is 12.1. The summed E-state index contributed by atoms with van der Waals surface area (Å²) < 4.78 is 12.2. The summed E-state index contributed by atoms with van der Waals surface area (Å²) in [5.74, 6) is -0.327. The lowest BCUT2D eigenvalue weighted by Gasteiger charge is -2.22. The molecule has 0 bridgehead atoms. The highest BCUT2D eigenvalue weighted by Crippen LogP contribution is 2.15. The molecule has 0 unspecified atom stereocenters. The van der Waals surface area contributed by atoms with Crippen LogP contribution in [-0.2, 0) is 9.47 Å². The Morgan fingerprint density at radius 1 is 1.35 bits per heavy atom. The highest BCUT2D eigenvalue weighted by Gasteiger charge is 2.19. The van der Waals surface area contributed by atoms with Crippen molar-refractivity contribution in [3.05, 3.63) is 36.2 Å². The average Bonchev–Trinajstić information content (AvgIpc) is 3.03. The van der Waals surface area contributed by atoms with Crippen molar-refractivity contribution in [1.29, 1.82) is 0 Å². The molecule has 1 aromatic carbocycles. The van der Waals surface area contributed by atoms with E-state index in [-0.39, 0.29) is 12.1 Å². The summed E-state index contributed by atoms with van der Waals surface area (Å²) >= 11 is 0. The Morgan fingerprint density at radius 2 is 2.20 bits per heavy atom. The summed E-state index contributed by atoms with van der Waals surface area (Å²) in [5.41, 5.74) is 1.21. The first-order valence-electron chi connectivity index (χ1n) is 6.45. The largest absolute Gasteiger partial charge is 0.459 e. The Hall–Kier alpha value is -2.28. The third-order valence-electron chi connectivity index (χ3n) is 3.14. The van der Waals surface area contributed by atoms with E-state index >= 15 is 0 Å². The molecule has 20 heavy (non-hydrogen) atoms. The van der Waals surface area contributed by atoms with Crippen molar-refractivity contribution in [3.8, 4) is 5.69 Å². The van der Waals surface area contributed by atoms with Crippen LogP contribution < -0.4 is 0 Å². The van der Waals surface area contributed by atoms with Crippen LogP contribution in [0.4, 0.5) is 0 Å². The zero-order valence-electron chi connectivity index (χ0n) is 10.8. The number of hydrogen-bond acceptors (Lipinski definition) is 6. The van der Waals surface area contributed by atoms with Gasteiger partial charge in [-0.05, 0) is 28.6 Å². The standard InChI is InChI=1S/C13H14N4O3/c18-13(20-12-4-6-19-7-5-12)10-2-1-3-11(8-10)17-9-14-15-16-17/h1-3,8-9,12H,4-7H2. The van der Waals surface area contributed by atoms with Gasteiger partial charge >= 0.3 is 5.97 Å². The maximum Gasteiger partial charge on any atom is 0.338 e. The van der Waals surface area contributed by atoms with Crippen LogP contribution in [0.25, 0.3) is 5.69 Å². The van der Waals surface area contributed by atoms with Gasteiger partial charge in [0.2, 0.25) is 0 Å². The van der Waals surface area contributed by atoms with Gasteiger partial charge in [0.1, 0.15) is 12.4 Å². The van der Waals surface area contributed by atoms with Crippen LogP contribution in [0, 0.1) is 0 Å². The molecule has 2 heterocycles. The van der Waals surface area contributed by atoms with Gasteiger partial charge in [-0.15, -0.1) is 5.10 Å². The van der Waals surface area contributed by atoms with Crippen molar-refractivity contribution < 1.29 is 14.3 Å². The first-order chi connectivity index (χ1) is 9.83. The zero-order chi connectivity index (χ0) is 13.8. The lowest BCUT2D eigenvalue weighted by Crippen LogP contribution is -2.26. The molecule has 0 radical (unpaired) electrons. The maximum absolute atomic E-state index is 12.1. The average molecular weight is 274 g/mol. The van der Waals surface area contributed by atoms with E-state index in [0.29, 0.717) is 18.8 Å². The summed E-state index contributed by atoms with van der Waals surface area (Å²) in [6.45, 7) is 1.28. The Kier molecular flexibility index (Phi) is 3.69. The molecule has 1 fully saturated rings. The van der Waals surface area contributed by atoms with Gasteiger partial charge in [-0.2, -0.15) is 0 Å². The molecular formula is C13H14N4O3. The second-order valence-corrected chi connectivity index (χ2v) is 4.52. The molecule has 7 heteroatoms. The van der Waals surface area contributed by atoms with Crippen molar-refractivity contribution in [2.45, 2.75) is 18.9 Å². The summed E-state index contributed by atoms with van der Waals surface area (Å²) in [5, 5.41) is 10.9. The molecule has 1 saturated heterocycles. The number of carbonyl (C=O) groups excluding carboxylic acids is 1. The van der Waals surface area contributed by atoms with Gasteiger partial charge in [0, 0.05) is 12.8 Å². The van der Waals surface area contributed by atoms with Gasteiger partial charge in [0.25, 0.3) is 0 Å². The molecule has 7 nitrogen and oxygen atoms in total. The molecule has 104 valence electrons. The zero-order valence-corrected chi connectivity index (χ0v) is 10.8. The van der Waals surface area contributed by atoms with E-state index in [0.717, 1.165) is 18.5 Å². The van der Waals surface area contributed by atoms with E-state index < -0.39 is 0 Å². The number of esters is 1. The molecule has 0 spiro atoms. The van der Waals surface area contributed by atoms with Crippen LogP contribution in [0.1, 0.15) is 23.2 Å². The minimum atomic E-state index is -0.327. The molecule has 0 saturated carbocycles. The number of tetrazole rings is 1. The van der Waals surface area contributed by atoms with Crippen molar-refractivity contribution in [2.24, 2.45) is 0 Å².